The number of carbonyl (C=O) groups excluding carboxylic acids is 1. The Morgan fingerprint density at radius 3 is 2.39 bits per heavy atom. The van der Waals surface area contributed by atoms with Crippen LogP contribution in [0.3, 0.4) is 0 Å². The summed E-state index contributed by atoms with van der Waals surface area (Å²) in [6.07, 6.45) is 13.0. The molecule has 198 valence electrons. The van der Waals surface area contributed by atoms with Gasteiger partial charge in [-0.05, 0) is 124 Å². The molecular weight excluding hydrogens is 440 g/mol. The molecule has 36 heavy (non-hydrogen) atoms. The third-order valence-electron chi connectivity index (χ3n) is 12.4. The van der Waals surface area contributed by atoms with Crippen LogP contribution >= 0.6 is 0 Å². The number of carbonyl (C=O) groups is 1. The Morgan fingerprint density at radius 2 is 1.69 bits per heavy atom. The molecule has 3 fully saturated rings. The quantitative estimate of drug-likeness (QED) is 0.448. The SMILES string of the molecule is CC(C1CCC2(C)C3CCC4C(CCC(NC(=O)c5ccccc5)C4(C)C)CC3=CCC12C)N(C)C. The fourth-order valence-electron chi connectivity index (χ4n) is 9.61. The summed E-state index contributed by atoms with van der Waals surface area (Å²) in [6, 6.07) is 10.6. The van der Waals surface area contributed by atoms with Crippen molar-refractivity contribution < 1.29 is 4.79 Å². The molecule has 3 saturated carbocycles. The van der Waals surface area contributed by atoms with Crippen LogP contribution in [0.15, 0.2) is 42.0 Å². The first-order valence-corrected chi connectivity index (χ1v) is 14.7. The van der Waals surface area contributed by atoms with Gasteiger partial charge in [-0.15, -0.1) is 0 Å². The van der Waals surface area contributed by atoms with Gasteiger partial charge in [0, 0.05) is 17.6 Å². The van der Waals surface area contributed by atoms with Gasteiger partial charge in [-0.3, -0.25) is 4.79 Å². The first-order chi connectivity index (χ1) is 17.0. The van der Waals surface area contributed by atoms with E-state index in [2.05, 4.69) is 65.0 Å². The second kappa shape index (κ2) is 9.29. The molecule has 8 atom stereocenters. The van der Waals surface area contributed by atoms with Crippen molar-refractivity contribution in [1.29, 1.82) is 0 Å². The van der Waals surface area contributed by atoms with Crippen LogP contribution in [0, 0.1) is 39.9 Å². The molecular formula is C33H50N2O. The number of allylic oxidation sites excluding steroid dienone is 2. The molecule has 8 unspecified atom stereocenters. The third-order valence-corrected chi connectivity index (χ3v) is 12.4. The van der Waals surface area contributed by atoms with Crippen LogP contribution in [-0.4, -0.2) is 37.0 Å². The maximum atomic E-state index is 13.0. The molecule has 1 amide bonds. The Hall–Kier alpha value is -1.61. The van der Waals surface area contributed by atoms with Gasteiger partial charge >= 0.3 is 0 Å². The van der Waals surface area contributed by atoms with Gasteiger partial charge in [0.15, 0.2) is 0 Å². The molecule has 0 bridgehead atoms. The topological polar surface area (TPSA) is 32.3 Å². The molecule has 0 saturated heterocycles. The zero-order chi connectivity index (χ0) is 25.9. The standard InChI is InChI=1S/C33H50N2O/c1-22(35(6)7)26-18-20-33(5)28-15-14-27-24(21-25(28)17-19-32(26,33)4)13-16-29(31(27,2)3)34-30(36)23-11-9-8-10-12-23/h8-12,17,22,24,26-29H,13-16,18-21H2,1-7H3,(H,34,36). The monoisotopic (exact) mass is 490 g/mol. The molecule has 0 radical (unpaired) electrons. The van der Waals surface area contributed by atoms with E-state index in [0.29, 0.717) is 22.8 Å². The van der Waals surface area contributed by atoms with Gasteiger partial charge in [0.25, 0.3) is 5.91 Å². The van der Waals surface area contributed by atoms with E-state index in [0.717, 1.165) is 29.7 Å². The van der Waals surface area contributed by atoms with E-state index >= 15 is 0 Å². The summed E-state index contributed by atoms with van der Waals surface area (Å²) in [5.41, 5.74) is 3.49. The number of rotatable bonds is 4. The fourth-order valence-corrected chi connectivity index (χ4v) is 9.61. The molecule has 5 rings (SSSR count). The normalized spacial score (nSPS) is 40.3. The van der Waals surface area contributed by atoms with Crippen LogP contribution < -0.4 is 5.32 Å². The highest BCUT2D eigenvalue weighted by Crippen LogP contribution is 2.68. The summed E-state index contributed by atoms with van der Waals surface area (Å²) in [6.45, 7) is 12.6. The Balaban J connectivity index is 1.36. The summed E-state index contributed by atoms with van der Waals surface area (Å²) in [4.78, 5) is 15.5. The lowest BCUT2D eigenvalue weighted by atomic mass is 9.51. The molecule has 1 aromatic rings. The van der Waals surface area contributed by atoms with Gasteiger partial charge in [-0.25, -0.2) is 0 Å². The summed E-state index contributed by atoms with van der Waals surface area (Å²) in [7, 11) is 4.53. The van der Waals surface area contributed by atoms with Gasteiger partial charge in [-0.2, -0.15) is 0 Å². The smallest absolute Gasteiger partial charge is 0.251 e. The van der Waals surface area contributed by atoms with Gasteiger partial charge in [0.2, 0.25) is 0 Å². The number of nitrogens with one attached hydrogen (secondary N) is 1. The van der Waals surface area contributed by atoms with E-state index in [1.54, 1.807) is 5.57 Å². The second-order valence-electron chi connectivity index (χ2n) is 14.2. The van der Waals surface area contributed by atoms with Crippen LogP contribution in [0.5, 0.6) is 0 Å². The summed E-state index contributed by atoms with van der Waals surface area (Å²) in [5, 5.41) is 3.46. The molecule has 0 aliphatic heterocycles. The van der Waals surface area contributed by atoms with Crippen LogP contribution in [0.2, 0.25) is 0 Å². The zero-order valence-corrected chi connectivity index (χ0v) is 23.9. The summed E-state index contributed by atoms with van der Waals surface area (Å²) in [5.74, 6) is 3.02. The Labute approximate surface area is 220 Å². The van der Waals surface area contributed by atoms with Crippen LogP contribution in [0.25, 0.3) is 0 Å². The molecule has 0 aromatic heterocycles. The van der Waals surface area contributed by atoms with Crippen molar-refractivity contribution in [3.63, 3.8) is 0 Å². The van der Waals surface area contributed by atoms with Crippen molar-refractivity contribution in [2.45, 2.75) is 98.1 Å². The number of amides is 1. The van der Waals surface area contributed by atoms with Crippen molar-refractivity contribution in [2.24, 2.45) is 39.9 Å². The first-order valence-electron chi connectivity index (χ1n) is 14.7. The van der Waals surface area contributed by atoms with E-state index < -0.39 is 0 Å². The number of benzene rings is 1. The lowest BCUT2D eigenvalue weighted by Crippen LogP contribution is -2.53. The lowest BCUT2D eigenvalue weighted by molar-refractivity contribution is -0.0127. The molecule has 0 spiro atoms. The largest absolute Gasteiger partial charge is 0.349 e. The average Bonchev–Trinajstić information content (AvgIpc) is 2.99. The minimum atomic E-state index is 0.0902. The molecule has 4 aliphatic carbocycles. The van der Waals surface area contributed by atoms with Gasteiger partial charge in [0.05, 0.1) is 0 Å². The predicted octanol–water partition coefficient (Wildman–Crippen LogP) is 7.34. The molecule has 1 aromatic carbocycles. The van der Waals surface area contributed by atoms with Crippen LogP contribution in [0.4, 0.5) is 0 Å². The van der Waals surface area contributed by atoms with E-state index in [4.69, 9.17) is 0 Å². The van der Waals surface area contributed by atoms with Crippen molar-refractivity contribution >= 4 is 5.91 Å². The van der Waals surface area contributed by atoms with E-state index in [-0.39, 0.29) is 17.4 Å². The van der Waals surface area contributed by atoms with Crippen LogP contribution in [-0.2, 0) is 0 Å². The number of hydrogen-bond acceptors (Lipinski definition) is 2. The van der Waals surface area contributed by atoms with E-state index in [1.165, 1.54) is 44.9 Å². The van der Waals surface area contributed by atoms with Gasteiger partial charge < -0.3 is 10.2 Å². The lowest BCUT2D eigenvalue weighted by Gasteiger charge is -2.54. The van der Waals surface area contributed by atoms with Crippen molar-refractivity contribution in [2.75, 3.05) is 14.1 Å². The third kappa shape index (κ3) is 3.99. The molecule has 0 heterocycles. The van der Waals surface area contributed by atoms with Gasteiger partial charge in [0.1, 0.15) is 0 Å². The highest BCUT2D eigenvalue weighted by Gasteiger charge is 2.61. The minimum absolute atomic E-state index is 0.0902. The summed E-state index contributed by atoms with van der Waals surface area (Å²) >= 11 is 0. The number of fused-ring (bicyclic) bond motifs is 4. The van der Waals surface area contributed by atoms with E-state index in [9.17, 15) is 4.79 Å². The maximum absolute atomic E-state index is 13.0. The number of nitrogens with zero attached hydrogens (tertiary/aromatic N) is 1. The maximum Gasteiger partial charge on any atom is 0.251 e. The Kier molecular flexibility index (Phi) is 6.72. The Bertz CT molecular complexity index is 996. The minimum Gasteiger partial charge on any atom is -0.349 e. The predicted molar refractivity (Wildman–Crippen MR) is 150 cm³/mol. The highest BCUT2D eigenvalue weighted by molar-refractivity contribution is 5.94. The molecule has 3 nitrogen and oxygen atoms in total. The second-order valence-corrected chi connectivity index (χ2v) is 14.2. The highest BCUT2D eigenvalue weighted by atomic mass is 16.1. The van der Waals surface area contributed by atoms with Crippen molar-refractivity contribution in [3.8, 4) is 0 Å². The molecule has 3 heteroatoms. The Morgan fingerprint density at radius 1 is 0.972 bits per heavy atom. The van der Waals surface area contributed by atoms with Crippen molar-refractivity contribution in [3.05, 3.63) is 47.5 Å². The van der Waals surface area contributed by atoms with E-state index in [1.807, 2.05) is 30.3 Å². The van der Waals surface area contributed by atoms with Crippen molar-refractivity contribution in [1.82, 2.24) is 10.2 Å². The summed E-state index contributed by atoms with van der Waals surface area (Å²) < 4.78 is 0. The first kappa shape index (κ1) is 26.0. The number of hydrogen-bond donors (Lipinski definition) is 1. The van der Waals surface area contributed by atoms with Crippen LogP contribution in [0.1, 0.15) is 96.3 Å². The zero-order valence-electron chi connectivity index (χ0n) is 23.9. The fraction of sp³-hybridized carbons (Fsp3) is 0.727. The average molecular weight is 491 g/mol. The molecule has 4 aliphatic rings. The van der Waals surface area contributed by atoms with Gasteiger partial charge in [-0.1, -0.05) is 57.5 Å². The molecule has 1 N–H and O–H groups in total.